The summed E-state index contributed by atoms with van der Waals surface area (Å²) in [5.41, 5.74) is 5.58. The molecular formula is C54H58N4O16. The number of amides is 2. The molecule has 0 unspecified atom stereocenters. The number of nitrogens with zero attached hydrogens (tertiary/aromatic N) is 2. The summed E-state index contributed by atoms with van der Waals surface area (Å²) in [7, 11) is 3.02. The highest BCUT2D eigenvalue weighted by molar-refractivity contribution is 5.82. The molecule has 20 nitrogen and oxygen atoms in total. The molecule has 6 aromatic carbocycles. The predicted molar refractivity (Wildman–Crippen MR) is 272 cm³/mol. The van der Waals surface area contributed by atoms with Gasteiger partial charge in [-0.1, -0.05) is 19.9 Å². The lowest BCUT2D eigenvalue weighted by Crippen LogP contribution is -2.24. The van der Waals surface area contributed by atoms with Crippen molar-refractivity contribution < 1.29 is 67.7 Å². The van der Waals surface area contributed by atoms with Gasteiger partial charge >= 0.3 is 0 Å². The summed E-state index contributed by atoms with van der Waals surface area (Å²) in [5.74, 6) is 2.15. The molecule has 0 radical (unpaired) electrons. The monoisotopic (exact) mass is 1020 g/mol. The average Bonchev–Trinajstić information content (AvgIpc) is 3.41. The minimum absolute atomic E-state index is 0.00747. The number of rotatable bonds is 24. The van der Waals surface area contributed by atoms with E-state index in [0.717, 1.165) is 34.1 Å². The fraction of sp³-hybridized carbons (Fsp3) is 0.259. The predicted octanol–water partition coefficient (Wildman–Crippen LogP) is 8.01. The van der Waals surface area contributed by atoms with Crippen LogP contribution < -0.4 is 39.1 Å². The number of hydrogen-bond donors (Lipinski definition) is 4. The number of aryl methyl sites for hydroxylation is 2. The van der Waals surface area contributed by atoms with E-state index in [1.165, 1.54) is 43.4 Å². The van der Waals surface area contributed by atoms with Crippen molar-refractivity contribution in [1.29, 1.82) is 0 Å². The Morgan fingerprint density at radius 2 is 0.878 bits per heavy atom. The molecule has 4 N–H and O–H groups in total. The maximum absolute atomic E-state index is 11.6. The van der Waals surface area contributed by atoms with Gasteiger partial charge in [-0.15, -0.1) is 0 Å². The minimum atomic E-state index is -0.665. The van der Waals surface area contributed by atoms with Crippen molar-refractivity contribution in [3.8, 4) is 34.5 Å². The summed E-state index contributed by atoms with van der Waals surface area (Å²) in [4.78, 5) is 66.3. The fourth-order valence-corrected chi connectivity index (χ4v) is 6.71. The van der Waals surface area contributed by atoms with E-state index in [-0.39, 0.29) is 86.3 Å². The first-order valence-corrected chi connectivity index (χ1v) is 23.0. The van der Waals surface area contributed by atoms with Crippen LogP contribution in [0.4, 0.5) is 11.4 Å². The van der Waals surface area contributed by atoms with Crippen molar-refractivity contribution in [1.82, 2.24) is 10.6 Å². The lowest BCUT2D eigenvalue weighted by atomic mass is 10.1. The summed E-state index contributed by atoms with van der Waals surface area (Å²) < 4.78 is 34.5. The van der Waals surface area contributed by atoms with E-state index in [2.05, 4.69) is 10.6 Å². The van der Waals surface area contributed by atoms with Gasteiger partial charge in [-0.2, -0.15) is 0 Å². The summed E-state index contributed by atoms with van der Waals surface area (Å²) in [6, 6.07) is 29.3. The van der Waals surface area contributed by atoms with Crippen molar-refractivity contribution in [3.05, 3.63) is 185 Å². The first kappa shape index (κ1) is 57.7. The third-order valence-electron chi connectivity index (χ3n) is 10.6. The zero-order valence-corrected chi connectivity index (χ0v) is 41.7. The number of benzene rings is 6. The Labute approximate surface area is 427 Å². The van der Waals surface area contributed by atoms with Gasteiger partial charge in [0.1, 0.15) is 67.2 Å². The van der Waals surface area contributed by atoms with Gasteiger partial charge in [0.05, 0.1) is 34.2 Å². The van der Waals surface area contributed by atoms with Gasteiger partial charge in [0.2, 0.25) is 0 Å². The van der Waals surface area contributed by atoms with Crippen LogP contribution in [0.1, 0.15) is 79.1 Å². The second kappa shape index (κ2) is 29.5. The molecule has 6 rings (SSSR count). The molecule has 74 heavy (non-hydrogen) atoms. The number of nitro benzene ring substituents is 2. The SMILES string of the molecule is CC.CNC(=O)COc1cc(COc2ccc(C=O)c(C)c2)cc(COc2ccc(CO)c(C)c2)c1.CNC(=O)COc1cc(COc2ccc([N+](=O)[O-])c(C=O)c2)cc(COc2ccc([N+](=O)[O-])c(CO)c2)c1. The van der Waals surface area contributed by atoms with Crippen molar-refractivity contribution in [3.63, 3.8) is 0 Å². The second-order valence-electron chi connectivity index (χ2n) is 15.7. The number of aldehydes is 2. The van der Waals surface area contributed by atoms with Crippen LogP contribution in [-0.2, 0) is 49.2 Å². The molecule has 0 atom stereocenters. The summed E-state index contributed by atoms with van der Waals surface area (Å²) in [5, 5.41) is 45.9. The zero-order chi connectivity index (χ0) is 54.2. The van der Waals surface area contributed by atoms with Crippen LogP contribution in [-0.4, -0.2) is 71.8 Å². The highest BCUT2D eigenvalue weighted by Crippen LogP contribution is 2.28. The van der Waals surface area contributed by atoms with Gasteiger partial charge in [0, 0.05) is 31.8 Å². The number of nitrogens with one attached hydrogen (secondary N) is 2. The van der Waals surface area contributed by atoms with Crippen molar-refractivity contribution in [2.45, 2.75) is 67.3 Å². The molecule has 0 heterocycles. The molecule has 0 aliphatic heterocycles. The Hall–Kier alpha value is -8.88. The van der Waals surface area contributed by atoms with E-state index in [0.29, 0.717) is 51.7 Å². The van der Waals surface area contributed by atoms with Crippen LogP contribution >= 0.6 is 0 Å². The van der Waals surface area contributed by atoms with Gasteiger partial charge in [0.25, 0.3) is 23.2 Å². The van der Waals surface area contributed by atoms with E-state index in [1.807, 2.05) is 70.2 Å². The Bertz CT molecular complexity index is 2910. The number of nitro groups is 2. The molecule has 20 heteroatoms. The van der Waals surface area contributed by atoms with Crippen molar-refractivity contribution >= 4 is 35.8 Å². The van der Waals surface area contributed by atoms with Gasteiger partial charge in [0.15, 0.2) is 19.5 Å². The molecule has 390 valence electrons. The van der Waals surface area contributed by atoms with Gasteiger partial charge in [-0.3, -0.25) is 39.4 Å². The van der Waals surface area contributed by atoms with E-state index in [4.69, 9.17) is 28.4 Å². The summed E-state index contributed by atoms with van der Waals surface area (Å²) >= 11 is 0. The van der Waals surface area contributed by atoms with E-state index in [9.17, 15) is 49.6 Å². The second-order valence-corrected chi connectivity index (χ2v) is 15.7. The molecular weight excluding hydrogens is 961 g/mol. The lowest BCUT2D eigenvalue weighted by molar-refractivity contribution is -0.385. The van der Waals surface area contributed by atoms with E-state index < -0.39 is 16.5 Å². The molecule has 6 aromatic rings. The van der Waals surface area contributed by atoms with Crippen LogP contribution in [0, 0.1) is 34.1 Å². The minimum Gasteiger partial charge on any atom is -0.489 e. The van der Waals surface area contributed by atoms with E-state index in [1.54, 1.807) is 37.4 Å². The number of ether oxygens (including phenoxy) is 6. The molecule has 0 bridgehead atoms. The Morgan fingerprint density at radius 1 is 0.486 bits per heavy atom. The smallest absolute Gasteiger partial charge is 0.280 e. The van der Waals surface area contributed by atoms with E-state index >= 15 is 0 Å². The molecule has 0 fully saturated rings. The molecule has 0 aromatic heterocycles. The summed E-state index contributed by atoms with van der Waals surface area (Å²) in [6.07, 6.45) is 1.19. The first-order chi connectivity index (χ1) is 35.6. The molecule has 0 aliphatic rings. The first-order valence-electron chi connectivity index (χ1n) is 23.0. The van der Waals surface area contributed by atoms with Crippen LogP contribution in [0.5, 0.6) is 34.5 Å². The quantitative estimate of drug-likeness (QED) is 0.0254. The molecule has 0 aliphatic carbocycles. The highest BCUT2D eigenvalue weighted by Gasteiger charge is 2.17. The number of aliphatic hydroxyl groups excluding tert-OH is 2. The van der Waals surface area contributed by atoms with Crippen molar-refractivity contribution in [2.75, 3.05) is 27.3 Å². The molecule has 0 spiro atoms. The molecule has 2 amide bonds. The third kappa shape index (κ3) is 17.8. The standard InChI is InChI=1S/C27H29NO6.C25H23N3O10.C2H6/c1-18-8-24(6-4-22(18)13-29)32-15-20-10-21(12-26(11-20)34-17-27(31)28-3)16-33-25-7-5-23(14-30)19(2)9-25;1-26-25(31)15-38-22-7-16(13-36-20-2-4-23(27(32)33)18(9-20)11-29)6-17(8-22)14-37-21-3-5-24(28(34)35)19(10-21)12-30;1-2/h4-13,30H,14-17H2,1-3H3,(H,28,31);2-11,30H,12-15H2,1H3,(H,26,31);1-2H3. The number of carbonyl (C=O) groups is 4. The van der Waals surface area contributed by atoms with Crippen LogP contribution in [0.25, 0.3) is 0 Å². The topological polar surface area (TPSA) is 274 Å². The zero-order valence-electron chi connectivity index (χ0n) is 41.7. The van der Waals surface area contributed by atoms with Crippen LogP contribution in [0.3, 0.4) is 0 Å². The number of aliphatic hydroxyl groups is 2. The number of hydrogen-bond acceptors (Lipinski definition) is 16. The Balaban J connectivity index is 0.000000312. The lowest BCUT2D eigenvalue weighted by Gasteiger charge is -2.14. The van der Waals surface area contributed by atoms with Crippen LogP contribution in [0.15, 0.2) is 109 Å². The Kier molecular flexibility index (Phi) is 23.0. The maximum Gasteiger partial charge on any atom is 0.280 e. The fourth-order valence-electron chi connectivity index (χ4n) is 6.71. The average molecular weight is 1020 g/mol. The van der Waals surface area contributed by atoms with Gasteiger partial charge < -0.3 is 49.3 Å². The van der Waals surface area contributed by atoms with Crippen LogP contribution in [0.2, 0.25) is 0 Å². The number of carbonyl (C=O) groups excluding carboxylic acids is 4. The number of likely N-dealkylation sites (N-methyl/N-ethyl adjacent to an activating group) is 2. The van der Waals surface area contributed by atoms with Crippen molar-refractivity contribution in [2.24, 2.45) is 0 Å². The normalized spacial score (nSPS) is 10.2. The Morgan fingerprint density at radius 3 is 1.27 bits per heavy atom. The van der Waals surface area contributed by atoms with Gasteiger partial charge in [-0.05, 0) is 144 Å². The molecule has 0 saturated heterocycles. The molecule has 0 saturated carbocycles. The maximum atomic E-state index is 11.6. The highest BCUT2D eigenvalue weighted by atomic mass is 16.6. The largest absolute Gasteiger partial charge is 0.489 e. The van der Waals surface area contributed by atoms with Gasteiger partial charge in [-0.25, -0.2) is 0 Å². The summed E-state index contributed by atoms with van der Waals surface area (Å²) in [6.45, 7) is 7.45. The third-order valence-corrected chi connectivity index (χ3v) is 10.6.